The number of hydrogen-bond donors (Lipinski definition) is 1. The van der Waals surface area contributed by atoms with Gasteiger partial charge in [-0.15, -0.1) is 0 Å². The summed E-state index contributed by atoms with van der Waals surface area (Å²) >= 11 is 0. The molecule has 0 aliphatic rings. The zero-order valence-electron chi connectivity index (χ0n) is 15.7. The summed E-state index contributed by atoms with van der Waals surface area (Å²) in [5.74, 6) is -0.211. The molecule has 0 radical (unpaired) electrons. The normalized spacial score (nSPS) is 11.0. The Morgan fingerprint density at radius 1 is 1.11 bits per heavy atom. The lowest BCUT2D eigenvalue weighted by atomic mass is 10.0. The lowest BCUT2D eigenvalue weighted by molar-refractivity contribution is 0.0599. The summed E-state index contributed by atoms with van der Waals surface area (Å²) in [6.07, 6.45) is 1.58. The molecule has 0 spiro atoms. The van der Waals surface area contributed by atoms with Crippen molar-refractivity contribution in [2.24, 2.45) is 4.99 Å². The number of hydrogen-bond acceptors (Lipinski definition) is 5. The molecular formula is C22H19NO5. The monoisotopic (exact) mass is 377 g/mol. The van der Waals surface area contributed by atoms with Crippen molar-refractivity contribution in [1.82, 2.24) is 0 Å². The molecule has 28 heavy (non-hydrogen) atoms. The number of aryl methyl sites for hydroxylation is 1. The second-order valence-electron chi connectivity index (χ2n) is 6.24. The van der Waals surface area contributed by atoms with Crippen molar-refractivity contribution >= 4 is 23.8 Å². The number of ether oxygens (including phenoxy) is 1. The number of aliphatic imine (C=N–C) groups is 1. The van der Waals surface area contributed by atoms with Gasteiger partial charge in [0, 0.05) is 5.56 Å². The van der Waals surface area contributed by atoms with Gasteiger partial charge in [-0.25, -0.2) is 9.59 Å². The molecule has 0 saturated heterocycles. The van der Waals surface area contributed by atoms with E-state index in [1.807, 2.05) is 13.0 Å². The standard InChI is InChI=1S/C22H19NO5/c1-13-11-15(21(24)25)7-9-17(13)20-10-8-16(28-20)12-23-19-6-4-5-18(14(19)2)22(26)27-3/h4-12H,1-3H3,(H,24,25). The molecule has 0 aliphatic carbocycles. The Morgan fingerprint density at radius 3 is 2.57 bits per heavy atom. The van der Waals surface area contributed by atoms with E-state index < -0.39 is 11.9 Å². The molecule has 6 heteroatoms. The van der Waals surface area contributed by atoms with Gasteiger partial charge in [0.15, 0.2) is 0 Å². The van der Waals surface area contributed by atoms with Crippen LogP contribution in [-0.4, -0.2) is 30.4 Å². The van der Waals surface area contributed by atoms with Gasteiger partial charge in [0.25, 0.3) is 0 Å². The number of esters is 1. The van der Waals surface area contributed by atoms with E-state index in [0.717, 1.165) is 16.7 Å². The topological polar surface area (TPSA) is 89.1 Å². The molecule has 0 amide bonds. The minimum Gasteiger partial charge on any atom is -0.478 e. The minimum absolute atomic E-state index is 0.232. The zero-order valence-corrected chi connectivity index (χ0v) is 15.7. The third-order valence-electron chi connectivity index (χ3n) is 4.41. The fraction of sp³-hybridized carbons (Fsp3) is 0.136. The number of carbonyl (C=O) groups is 2. The number of carbonyl (C=O) groups excluding carboxylic acids is 1. The zero-order chi connectivity index (χ0) is 20.3. The van der Waals surface area contributed by atoms with Crippen molar-refractivity contribution in [2.45, 2.75) is 13.8 Å². The van der Waals surface area contributed by atoms with Crippen LogP contribution in [0.4, 0.5) is 5.69 Å². The Morgan fingerprint density at radius 2 is 1.89 bits per heavy atom. The average molecular weight is 377 g/mol. The van der Waals surface area contributed by atoms with Crippen LogP contribution in [0.1, 0.15) is 37.6 Å². The van der Waals surface area contributed by atoms with E-state index in [1.54, 1.807) is 55.6 Å². The quantitative estimate of drug-likeness (QED) is 0.510. The maximum absolute atomic E-state index is 11.8. The number of aromatic carboxylic acids is 1. The molecule has 0 saturated carbocycles. The molecule has 0 atom stereocenters. The highest BCUT2D eigenvalue weighted by atomic mass is 16.5. The van der Waals surface area contributed by atoms with Gasteiger partial charge in [0.1, 0.15) is 11.5 Å². The second kappa shape index (κ2) is 7.92. The first-order valence-corrected chi connectivity index (χ1v) is 8.57. The van der Waals surface area contributed by atoms with Crippen LogP contribution in [0, 0.1) is 13.8 Å². The summed E-state index contributed by atoms with van der Waals surface area (Å²) in [6.45, 7) is 3.64. The van der Waals surface area contributed by atoms with Crippen LogP contribution in [-0.2, 0) is 4.74 Å². The van der Waals surface area contributed by atoms with Crippen LogP contribution in [0.5, 0.6) is 0 Å². The average Bonchev–Trinajstić information content (AvgIpc) is 3.15. The maximum atomic E-state index is 11.8. The summed E-state index contributed by atoms with van der Waals surface area (Å²) in [7, 11) is 1.34. The van der Waals surface area contributed by atoms with E-state index in [-0.39, 0.29) is 5.56 Å². The first-order valence-electron chi connectivity index (χ1n) is 8.57. The van der Waals surface area contributed by atoms with E-state index in [4.69, 9.17) is 14.3 Å². The van der Waals surface area contributed by atoms with Crippen molar-refractivity contribution in [3.63, 3.8) is 0 Å². The van der Waals surface area contributed by atoms with Gasteiger partial charge in [-0.3, -0.25) is 4.99 Å². The van der Waals surface area contributed by atoms with E-state index in [1.165, 1.54) is 7.11 Å². The van der Waals surface area contributed by atoms with Gasteiger partial charge >= 0.3 is 11.9 Å². The molecule has 142 valence electrons. The highest BCUT2D eigenvalue weighted by Crippen LogP contribution is 2.27. The predicted octanol–water partition coefficient (Wildman–Crippen LogP) is 4.80. The Labute approximate surface area is 162 Å². The van der Waals surface area contributed by atoms with Crippen LogP contribution >= 0.6 is 0 Å². The van der Waals surface area contributed by atoms with Crippen molar-refractivity contribution < 1.29 is 23.8 Å². The van der Waals surface area contributed by atoms with Crippen LogP contribution in [0.15, 0.2) is 57.9 Å². The summed E-state index contributed by atoms with van der Waals surface area (Å²) in [5, 5.41) is 9.08. The van der Waals surface area contributed by atoms with Gasteiger partial charge in [-0.2, -0.15) is 0 Å². The third-order valence-corrected chi connectivity index (χ3v) is 4.41. The van der Waals surface area contributed by atoms with Crippen molar-refractivity contribution in [2.75, 3.05) is 7.11 Å². The van der Waals surface area contributed by atoms with E-state index in [0.29, 0.717) is 22.8 Å². The van der Waals surface area contributed by atoms with E-state index >= 15 is 0 Å². The predicted molar refractivity (Wildman–Crippen MR) is 106 cm³/mol. The number of furan rings is 1. The number of nitrogens with zero attached hydrogens (tertiary/aromatic N) is 1. The summed E-state index contributed by atoms with van der Waals surface area (Å²) in [6, 6.07) is 13.7. The van der Waals surface area contributed by atoms with Crippen LogP contribution in [0.2, 0.25) is 0 Å². The summed E-state index contributed by atoms with van der Waals surface area (Å²) < 4.78 is 10.6. The lowest BCUT2D eigenvalue weighted by Crippen LogP contribution is -2.03. The SMILES string of the molecule is COC(=O)c1cccc(N=Cc2ccc(-c3ccc(C(=O)O)cc3C)o2)c1C. The first kappa shape index (κ1) is 19.1. The lowest BCUT2D eigenvalue weighted by Gasteiger charge is -2.06. The van der Waals surface area contributed by atoms with Crippen molar-refractivity contribution in [1.29, 1.82) is 0 Å². The molecule has 0 fully saturated rings. The van der Waals surface area contributed by atoms with Crippen LogP contribution in [0.25, 0.3) is 11.3 Å². The summed E-state index contributed by atoms with van der Waals surface area (Å²) in [4.78, 5) is 27.3. The van der Waals surface area contributed by atoms with Gasteiger partial charge in [-0.1, -0.05) is 12.1 Å². The van der Waals surface area contributed by atoms with E-state index in [2.05, 4.69) is 4.99 Å². The fourth-order valence-corrected chi connectivity index (χ4v) is 2.87. The largest absolute Gasteiger partial charge is 0.478 e. The van der Waals surface area contributed by atoms with Gasteiger partial charge in [0.2, 0.25) is 0 Å². The fourth-order valence-electron chi connectivity index (χ4n) is 2.87. The first-order chi connectivity index (χ1) is 13.4. The molecule has 0 bridgehead atoms. The molecule has 6 nitrogen and oxygen atoms in total. The number of carboxylic acid groups (broad SMARTS) is 1. The van der Waals surface area contributed by atoms with Gasteiger partial charge < -0.3 is 14.3 Å². The molecule has 2 aromatic carbocycles. The smallest absolute Gasteiger partial charge is 0.338 e. The Balaban J connectivity index is 1.86. The molecular weight excluding hydrogens is 358 g/mol. The number of benzene rings is 2. The molecule has 0 unspecified atom stereocenters. The second-order valence-corrected chi connectivity index (χ2v) is 6.24. The molecule has 0 aliphatic heterocycles. The van der Waals surface area contributed by atoms with Gasteiger partial charge in [0.05, 0.1) is 30.1 Å². The Hall–Kier alpha value is -3.67. The Kier molecular flexibility index (Phi) is 5.40. The molecule has 3 rings (SSSR count). The number of carboxylic acids is 1. The van der Waals surface area contributed by atoms with Gasteiger partial charge in [-0.05, 0) is 61.4 Å². The highest BCUT2D eigenvalue weighted by Gasteiger charge is 2.12. The highest BCUT2D eigenvalue weighted by molar-refractivity contribution is 5.93. The van der Waals surface area contributed by atoms with Crippen molar-refractivity contribution in [3.05, 3.63) is 76.5 Å². The van der Waals surface area contributed by atoms with Crippen LogP contribution < -0.4 is 0 Å². The Bertz CT molecular complexity index is 1080. The van der Waals surface area contributed by atoms with Crippen molar-refractivity contribution in [3.8, 4) is 11.3 Å². The van der Waals surface area contributed by atoms with E-state index in [9.17, 15) is 9.59 Å². The maximum Gasteiger partial charge on any atom is 0.338 e. The molecule has 1 aromatic heterocycles. The summed E-state index contributed by atoms with van der Waals surface area (Å²) in [5.41, 5.74) is 3.68. The number of rotatable bonds is 5. The minimum atomic E-state index is -0.966. The molecule has 1 heterocycles. The molecule has 1 N–H and O–H groups in total. The third kappa shape index (κ3) is 3.86. The number of methoxy groups -OCH3 is 1. The van der Waals surface area contributed by atoms with Crippen LogP contribution in [0.3, 0.4) is 0 Å². The molecule has 3 aromatic rings.